The summed E-state index contributed by atoms with van der Waals surface area (Å²) in [4.78, 5) is 4.51. The monoisotopic (exact) mass is 793 g/mol. The fourth-order valence-corrected chi connectivity index (χ4v) is 6.19. The zero-order valence-corrected chi connectivity index (χ0v) is 27.8. The minimum absolute atomic E-state index is 0. The number of hydrogen-bond acceptors (Lipinski definition) is 3. The average Bonchev–Trinajstić information content (AvgIpc) is 3.57. The molecule has 3 aromatic heterocycles. The summed E-state index contributed by atoms with van der Waals surface area (Å²) in [7, 11) is 0. The first-order valence-corrected chi connectivity index (χ1v) is 15.0. The minimum atomic E-state index is -0.362. The Morgan fingerprint density at radius 3 is 2.19 bits per heavy atom. The van der Waals surface area contributed by atoms with E-state index in [9.17, 15) is 4.39 Å². The SMILES string of the molecule is Cc1nn(-c2[c-]c(Oc3[c-]c4c(cc3)c3cc(-c5ccccc5)ccc3n4-c3cc(F)ccn3)ccc2)c(C)c1-c1ccccc1.[Pt+2]. The first-order valence-electron chi connectivity index (χ1n) is 15.0. The Kier molecular flexibility index (Phi) is 8.05. The number of aryl methyl sites for hydroxylation is 1. The molecule has 0 aliphatic heterocycles. The van der Waals surface area contributed by atoms with Gasteiger partial charge in [-0.15, -0.1) is 35.7 Å². The van der Waals surface area contributed by atoms with Crippen molar-refractivity contribution < 1.29 is 30.2 Å². The molecular weight excluding hydrogens is 767 g/mol. The molecule has 0 saturated carbocycles. The number of aromatic nitrogens is 4. The van der Waals surface area contributed by atoms with Crippen LogP contribution in [0, 0.1) is 31.8 Å². The van der Waals surface area contributed by atoms with Gasteiger partial charge in [0.2, 0.25) is 0 Å². The Morgan fingerprint density at radius 2 is 1.43 bits per heavy atom. The molecule has 0 bridgehead atoms. The molecule has 230 valence electrons. The van der Waals surface area contributed by atoms with Crippen molar-refractivity contribution in [1.29, 1.82) is 0 Å². The summed E-state index contributed by atoms with van der Waals surface area (Å²) in [5.41, 5.74) is 8.80. The molecule has 0 fully saturated rings. The summed E-state index contributed by atoms with van der Waals surface area (Å²) in [5, 5.41) is 6.80. The van der Waals surface area contributed by atoms with Gasteiger partial charge in [-0.05, 0) is 53.7 Å². The maximum absolute atomic E-state index is 14.4. The van der Waals surface area contributed by atoms with Crippen LogP contribution in [0.3, 0.4) is 0 Å². The number of hydrogen-bond donors (Lipinski definition) is 0. The second-order valence-corrected chi connectivity index (χ2v) is 11.2. The fourth-order valence-electron chi connectivity index (χ4n) is 6.19. The molecule has 0 saturated heterocycles. The van der Waals surface area contributed by atoms with Crippen molar-refractivity contribution in [3.8, 4) is 45.3 Å². The van der Waals surface area contributed by atoms with E-state index in [2.05, 4.69) is 60.4 Å². The summed E-state index contributed by atoms with van der Waals surface area (Å²) in [6.45, 7) is 4.08. The molecule has 47 heavy (non-hydrogen) atoms. The van der Waals surface area contributed by atoms with Gasteiger partial charge < -0.3 is 9.30 Å². The van der Waals surface area contributed by atoms with E-state index in [4.69, 9.17) is 9.84 Å². The largest absolute Gasteiger partial charge is 2.00 e. The molecule has 5 nitrogen and oxygen atoms in total. The summed E-state index contributed by atoms with van der Waals surface area (Å²) < 4.78 is 24.6. The number of benzene rings is 5. The molecule has 0 spiro atoms. The van der Waals surface area contributed by atoms with Gasteiger partial charge in [-0.2, -0.15) is 17.2 Å². The predicted octanol–water partition coefficient (Wildman–Crippen LogP) is 9.84. The van der Waals surface area contributed by atoms with E-state index in [-0.39, 0.29) is 26.9 Å². The smallest absolute Gasteiger partial charge is 0.509 e. The van der Waals surface area contributed by atoms with Crippen LogP contribution >= 0.6 is 0 Å². The van der Waals surface area contributed by atoms with Crippen LogP contribution in [0.15, 0.2) is 128 Å². The van der Waals surface area contributed by atoms with Crippen LogP contribution in [-0.2, 0) is 21.1 Å². The van der Waals surface area contributed by atoms with Gasteiger partial charge in [-0.1, -0.05) is 78.3 Å². The Balaban J connectivity index is 0.00000351. The molecule has 8 aromatic rings. The topological polar surface area (TPSA) is 44.9 Å². The quantitative estimate of drug-likeness (QED) is 0.158. The average molecular weight is 794 g/mol. The standard InChI is InChI=1S/C40H27FN4O.Pt/c1-26-40(29-12-7-4-8-13-29)27(2)45(43-26)32-14-9-15-33(24-32)46-34-17-18-35-36-22-30(28-10-5-3-6-11-28)16-19-37(36)44(38(35)25-34)39-23-31(41)20-21-42-39;/h3-23H,1-2H3;/q-2;+2. The van der Waals surface area contributed by atoms with Crippen LogP contribution in [-0.4, -0.2) is 19.3 Å². The van der Waals surface area contributed by atoms with Crippen molar-refractivity contribution in [3.05, 3.63) is 157 Å². The van der Waals surface area contributed by atoms with Crippen LogP contribution in [0.4, 0.5) is 4.39 Å². The van der Waals surface area contributed by atoms with Gasteiger partial charge in [0.1, 0.15) is 11.6 Å². The normalized spacial score (nSPS) is 11.1. The summed E-state index contributed by atoms with van der Waals surface area (Å²) in [6.07, 6.45) is 1.48. The molecule has 0 aliphatic carbocycles. The molecule has 0 N–H and O–H groups in total. The second kappa shape index (κ2) is 12.5. The van der Waals surface area contributed by atoms with E-state index in [1.165, 1.54) is 18.3 Å². The van der Waals surface area contributed by atoms with E-state index in [1.807, 2.05) is 89.0 Å². The number of rotatable bonds is 6. The minimum Gasteiger partial charge on any atom is -0.509 e. The van der Waals surface area contributed by atoms with Gasteiger partial charge in [-0.3, -0.25) is 4.68 Å². The molecule has 3 heterocycles. The van der Waals surface area contributed by atoms with Gasteiger partial charge in [-0.25, -0.2) is 9.37 Å². The van der Waals surface area contributed by atoms with Crippen LogP contribution < -0.4 is 4.74 Å². The molecule has 0 aliphatic rings. The maximum atomic E-state index is 14.4. The van der Waals surface area contributed by atoms with Crippen LogP contribution in [0.5, 0.6) is 11.5 Å². The number of pyridine rings is 1. The third kappa shape index (κ3) is 5.55. The Labute approximate surface area is 286 Å². The molecule has 0 unspecified atom stereocenters. The van der Waals surface area contributed by atoms with Crippen LogP contribution in [0.2, 0.25) is 0 Å². The Bertz CT molecular complexity index is 2380. The summed E-state index contributed by atoms with van der Waals surface area (Å²) in [6, 6.07) is 46.1. The molecule has 7 heteroatoms. The molecule has 0 amide bonds. The fraction of sp³-hybridized carbons (Fsp3) is 0.0500. The zero-order chi connectivity index (χ0) is 31.2. The Hall–Kier alpha value is -5.32. The third-order valence-electron chi connectivity index (χ3n) is 8.25. The number of nitrogens with zero attached hydrogens (tertiary/aromatic N) is 4. The van der Waals surface area contributed by atoms with Gasteiger partial charge in [0, 0.05) is 40.5 Å². The summed E-state index contributed by atoms with van der Waals surface area (Å²) in [5.74, 6) is 1.13. The molecule has 5 aromatic carbocycles. The van der Waals surface area contributed by atoms with Gasteiger partial charge in [0.25, 0.3) is 0 Å². The van der Waals surface area contributed by atoms with Gasteiger partial charge in [0.05, 0.1) is 5.69 Å². The van der Waals surface area contributed by atoms with Crippen LogP contribution in [0.25, 0.3) is 55.6 Å². The molecule has 8 rings (SSSR count). The van der Waals surface area contributed by atoms with Gasteiger partial charge in [0.15, 0.2) is 0 Å². The van der Waals surface area contributed by atoms with Crippen molar-refractivity contribution in [2.75, 3.05) is 0 Å². The van der Waals surface area contributed by atoms with Crippen molar-refractivity contribution >= 4 is 21.8 Å². The second-order valence-electron chi connectivity index (χ2n) is 11.2. The number of halogens is 1. The van der Waals surface area contributed by atoms with Crippen LogP contribution in [0.1, 0.15) is 11.4 Å². The van der Waals surface area contributed by atoms with E-state index >= 15 is 0 Å². The van der Waals surface area contributed by atoms with Crippen molar-refractivity contribution in [2.24, 2.45) is 0 Å². The van der Waals surface area contributed by atoms with Gasteiger partial charge >= 0.3 is 21.1 Å². The van der Waals surface area contributed by atoms with Crippen molar-refractivity contribution in [3.63, 3.8) is 0 Å². The maximum Gasteiger partial charge on any atom is 2.00 e. The number of ether oxygens (including phenoxy) is 1. The Morgan fingerprint density at radius 1 is 0.681 bits per heavy atom. The molecule has 0 radical (unpaired) electrons. The number of fused-ring (bicyclic) bond motifs is 3. The first-order chi connectivity index (χ1) is 22.5. The van der Waals surface area contributed by atoms with Crippen molar-refractivity contribution in [2.45, 2.75) is 13.8 Å². The predicted molar refractivity (Wildman–Crippen MR) is 180 cm³/mol. The molecule has 0 atom stereocenters. The van der Waals surface area contributed by atoms with E-state index in [0.29, 0.717) is 17.3 Å². The molecular formula is C40H27FN4OPt. The van der Waals surface area contributed by atoms with E-state index in [1.54, 1.807) is 0 Å². The van der Waals surface area contributed by atoms with E-state index < -0.39 is 0 Å². The zero-order valence-electron chi connectivity index (χ0n) is 25.5. The van der Waals surface area contributed by atoms with Crippen molar-refractivity contribution in [1.82, 2.24) is 19.3 Å². The summed E-state index contributed by atoms with van der Waals surface area (Å²) >= 11 is 0. The van der Waals surface area contributed by atoms with E-state index in [0.717, 1.165) is 61.1 Å². The third-order valence-corrected chi connectivity index (χ3v) is 8.25. The first kappa shape index (κ1) is 30.3.